The molecule has 4 heteroatoms. The summed E-state index contributed by atoms with van der Waals surface area (Å²) in [4.78, 5) is 0. The third-order valence-corrected chi connectivity index (χ3v) is 1.82. The number of benzene rings is 1. The van der Waals surface area contributed by atoms with Gasteiger partial charge in [-0.05, 0) is 12.1 Å². The second kappa shape index (κ2) is 5.23. The van der Waals surface area contributed by atoms with Gasteiger partial charge in [0.25, 0.3) is 0 Å². The molecule has 0 bridgehead atoms. The maximum atomic E-state index is 12.5. The van der Waals surface area contributed by atoms with Crippen molar-refractivity contribution in [3.05, 3.63) is 35.4 Å². The molecule has 1 rings (SSSR count). The zero-order chi connectivity index (χ0) is 12.0. The van der Waals surface area contributed by atoms with Gasteiger partial charge in [0.15, 0.2) is 0 Å². The first-order valence-corrected chi connectivity index (χ1v) is 4.58. The highest BCUT2D eigenvalue weighted by Gasteiger charge is 2.32. The summed E-state index contributed by atoms with van der Waals surface area (Å²) in [6.07, 6.45) is -3.88. The summed E-state index contributed by atoms with van der Waals surface area (Å²) in [5, 5.41) is 8.25. The van der Waals surface area contributed by atoms with Crippen LogP contribution in [-0.2, 0) is 6.18 Å². The molecular weight excluding hydrogens is 215 g/mol. The number of halogens is 3. The minimum Gasteiger partial charge on any atom is -0.198 e. The molecule has 0 spiro atoms. The van der Waals surface area contributed by atoms with E-state index in [1.165, 1.54) is 18.2 Å². The molecule has 0 aromatic heterocycles. The molecule has 16 heavy (non-hydrogen) atoms. The van der Waals surface area contributed by atoms with Crippen molar-refractivity contribution in [1.82, 2.24) is 0 Å². The average molecular weight is 223 g/mol. The maximum absolute atomic E-state index is 12.5. The van der Waals surface area contributed by atoms with Crippen LogP contribution in [-0.4, -0.2) is 0 Å². The highest BCUT2D eigenvalue weighted by molar-refractivity contribution is 5.42. The molecule has 0 aliphatic heterocycles. The van der Waals surface area contributed by atoms with Crippen LogP contribution in [0.4, 0.5) is 13.2 Å². The second-order valence-corrected chi connectivity index (χ2v) is 3.00. The highest BCUT2D eigenvalue weighted by Crippen LogP contribution is 2.31. The number of nitrogens with zero attached hydrogens (tertiary/aromatic N) is 1. The first-order valence-electron chi connectivity index (χ1n) is 4.58. The maximum Gasteiger partial charge on any atom is 0.417 e. The summed E-state index contributed by atoms with van der Waals surface area (Å²) in [5.41, 5.74) is -0.785. The molecule has 0 fully saturated rings. The van der Waals surface area contributed by atoms with Crippen LogP contribution in [0.3, 0.4) is 0 Å². The predicted octanol–water partition coefficient (Wildman–Crippen LogP) is 3.36. The molecule has 82 valence electrons. The molecule has 1 nitrogen and oxygen atoms in total. The Bertz CT molecular complexity index is 458. The molecule has 1 aromatic rings. The van der Waals surface area contributed by atoms with Gasteiger partial charge >= 0.3 is 6.18 Å². The summed E-state index contributed by atoms with van der Waals surface area (Å²) in [6.45, 7) is 0. The van der Waals surface area contributed by atoms with Gasteiger partial charge in [-0.1, -0.05) is 24.0 Å². The monoisotopic (exact) mass is 223 g/mol. The normalized spacial score (nSPS) is 10.1. The number of hydrogen-bond donors (Lipinski definition) is 0. The zero-order valence-electron chi connectivity index (χ0n) is 8.30. The molecule has 0 heterocycles. The average Bonchev–Trinajstić information content (AvgIpc) is 2.24. The van der Waals surface area contributed by atoms with Gasteiger partial charge in [-0.2, -0.15) is 18.4 Å². The molecule has 0 saturated heterocycles. The molecule has 0 saturated carbocycles. The van der Waals surface area contributed by atoms with Crippen molar-refractivity contribution in [3.8, 4) is 17.9 Å². The predicted molar refractivity (Wildman–Crippen MR) is 53.2 cm³/mol. The molecule has 0 unspecified atom stereocenters. The summed E-state index contributed by atoms with van der Waals surface area (Å²) in [5.74, 6) is 4.98. The van der Waals surface area contributed by atoms with E-state index in [-0.39, 0.29) is 18.4 Å². The van der Waals surface area contributed by atoms with Crippen LogP contribution in [0.25, 0.3) is 0 Å². The van der Waals surface area contributed by atoms with Crippen LogP contribution in [0.2, 0.25) is 0 Å². The van der Waals surface area contributed by atoms with E-state index in [1.807, 2.05) is 6.07 Å². The first-order chi connectivity index (χ1) is 7.55. The molecule has 0 N–H and O–H groups in total. The summed E-state index contributed by atoms with van der Waals surface area (Å²) in [7, 11) is 0. The Kier molecular flexibility index (Phi) is 3.96. The second-order valence-electron chi connectivity index (χ2n) is 3.00. The van der Waals surface area contributed by atoms with E-state index in [0.717, 1.165) is 6.07 Å². The van der Waals surface area contributed by atoms with Crippen molar-refractivity contribution in [3.63, 3.8) is 0 Å². The van der Waals surface area contributed by atoms with Gasteiger partial charge in [0.05, 0.1) is 11.6 Å². The topological polar surface area (TPSA) is 23.8 Å². The number of unbranched alkanes of at least 4 members (excludes halogenated alkanes) is 1. The van der Waals surface area contributed by atoms with Crippen LogP contribution in [0.1, 0.15) is 24.0 Å². The van der Waals surface area contributed by atoms with Gasteiger partial charge in [0.2, 0.25) is 0 Å². The Hall–Kier alpha value is -1.94. The van der Waals surface area contributed by atoms with Crippen LogP contribution in [0, 0.1) is 23.2 Å². The lowest BCUT2D eigenvalue weighted by molar-refractivity contribution is -0.137. The number of nitriles is 1. The van der Waals surface area contributed by atoms with Gasteiger partial charge in [0.1, 0.15) is 0 Å². The van der Waals surface area contributed by atoms with Gasteiger partial charge in [-0.3, -0.25) is 0 Å². The quantitative estimate of drug-likeness (QED) is 0.529. The van der Waals surface area contributed by atoms with Crippen LogP contribution in [0.15, 0.2) is 24.3 Å². The lowest BCUT2D eigenvalue weighted by Crippen LogP contribution is -2.07. The van der Waals surface area contributed by atoms with Gasteiger partial charge in [0, 0.05) is 18.4 Å². The zero-order valence-corrected chi connectivity index (χ0v) is 8.30. The SMILES string of the molecule is N#CCCC#Cc1ccccc1C(F)(F)F. The van der Waals surface area contributed by atoms with E-state index >= 15 is 0 Å². The molecule has 0 atom stereocenters. The third-order valence-electron chi connectivity index (χ3n) is 1.82. The summed E-state index contributed by atoms with van der Waals surface area (Å²) in [6, 6.07) is 7.02. The summed E-state index contributed by atoms with van der Waals surface area (Å²) >= 11 is 0. The highest BCUT2D eigenvalue weighted by atomic mass is 19.4. The molecule has 0 amide bonds. The van der Waals surface area contributed by atoms with E-state index in [9.17, 15) is 13.2 Å². The van der Waals surface area contributed by atoms with Crippen LogP contribution < -0.4 is 0 Å². The smallest absolute Gasteiger partial charge is 0.198 e. The van der Waals surface area contributed by atoms with E-state index in [1.54, 1.807) is 0 Å². The third kappa shape index (κ3) is 3.33. The Morgan fingerprint density at radius 2 is 1.81 bits per heavy atom. The largest absolute Gasteiger partial charge is 0.417 e. The van der Waals surface area contributed by atoms with Crippen molar-refractivity contribution < 1.29 is 13.2 Å². The standard InChI is InChI=1S/C12H8F3N/c13-12(14,15)11-8-4-3-7-10(11)6-2-1-5-9-16/h3-4,7-8H,1,5H2. The Morgan fingerprint density at radius 3 is 2.44 bits per heavy atom. The number of hydrogen-bond acceptors (Lipinski definition) is 1. The Balaban J connectivity index is 2.96. The fourth-order valence-corrected chi connectivity index (χ4v) is 1.12. The molecule has 0 aliphatic rings. The van der Waals surface area contributed by atoms with E-state index in [0.29, 0.717) is 0 Å². The van der Waals surface area contributed by atoms with Gasteiger partial charge in [-0.15, -0.1) is 0 Å². The fraction of sp³-hybridized carbons (Fsp3) is 0.250. The molecule has 0 radical (unpaired) electrons. The van der Waals surface area contributed by atoms with Crippen molar-refractivity contribution in [2.45, 2.75) is 19.0 Å². The van der Waals surface area contributed by atoms with E-state index in [2.05, 4.69) is 11.8 Å². The van der Waals surface area contributed by atoms with Gasteiger partial charge in [-0.25, -0.2) is 0 Å². The first kappa shape index (κ1) is 12.1. The molecular formula is C12H8F3N. The Morgan fingerprint density at radius 1 is 1.12 bits per heavy atom. The number of alkyl halides is 3. The van der Waals surface area contributed by atoms with E-state index in [4.69, 9.17) is 5.26 Å². The van der Waals surface area contributed by atoms with Gasteiger partial charge < -0.3 is 0 Å². The Labute approximate surface area is 91.5 Å². The minimum absolute atomic E-state index is 0.0482. The van der Waals surface area contributed by atoms with Crippen LogP contribution in [0.5, 0.6) is 0 Å². The lowest BCUT2D eigenvalue weighted by Gasteiger charge is -2.07. The van der Waals surface area contributed by atoms with Crippen molar-refractivity contribution >= 4 is 0 Å². The van der Waals surface area contributed by atoms with Crippen molar-refractivity contribution in [1.29, 1.82) is 5.26 Å². The molecule has 0 aliphatic carbocycles. The van der Waals surface area contributed by atoms with Crippen molar-refractivity contribution in [2.75, 3.05) is 0 Å². The lowest BCUT2D eigenvalue weighted by atomic mass is 10.1. The summed E-state index contributed by atoms with van der Waals surface area (Å²) < 4.78 is 37.5. The number of rotatable bonds is 1. The molecule has 1 aromatic carbocycles. The minimum atomic E-state index is -4.39. The van der Waals surface area contributed by atoms with E-state index < -0.39 is 11.7 Å². The fourth-order valence-electron chi connectivity index (χ4n) is 1.12. The van der Waals surface area contributed by atoms with Crippen LogP contribution >= 0.6 is 0 Å². The van der Waals surface area contributed by atoms with Crippen molar-refractivity contribution in [2.24, 2.45) is 0 Å².